The molecule has 0 aliphatic heterocycles. The molecule has 1 heterocycles. The van der Waals surface area contributed by atoms with E-state index in [1.807, 2.05) is 24.3 Å². The minimum absolute atomic E-state index is 0.0302. The summed E-state index contributed by atoms with van der Waals surface area (Å²) < 4.78 is 23.9. The number of ketones is 1. The average Bonchev–Trinajstić information content (AvgIpc) is 2.85. The lowest BCUT2D eigenvalue weighted by Gasteiger charge is -2.23. The van der Waals surface area contributed by atoms with Crippen molar-refractivity contribution < 1.29 is 18.0 Å². The van der Waals surface area contributed by atoms with Gasteiger partial charge in [0.25, 0.3) is 0 Å². The number of sulfone groups is 1. The SMILES string of the molecule is CCS(=O)(=O)c1ccc(CC(=O)Nc2ccc3c(n2)CCC(CCc2ccc(Cl)cc2)C3=O)cc1. The third kappa shape index (κ3) is 6.16. The van der Waals surface area contributed by atoms with E-state index in [1.165, 1.54) is 12.1 Å². The number of halogens is 1. The van der Waals surface area contributed by atoms with Gasteiger partial charge in [0, 0.05) is 16.5 Å². The molecule has 1 aliphatic rings. The molecule has 0 saturated carbocycles. The number of benzene rings is 2. The van der Waals surface area contributed by atoms with Gasteiger partial charge in [0.2, 0.25) is 5.91 Å². The molecule has 2 aromatic carbocycles. The van der Waals surface area contributed by atoms with Crippen molar-refractivity contribution in [2.45, 2.75) is 43.9 Å². The van der Waals surface area contributed by atoms with Gasteiger partial charge < -0.3 is 5.32 Å². The number of amides is 1. The first-order chi connectivity index (χ1) is 16.7. The molecule has 35 heavy (non-hydrogen) atoms. The van der Waals surface area contributed by atoms with E-state index >= 15 is 0 Å². The first-order valence-electron chi connectivity index (χ1n) is 11.7. The number of aryl methyl sites for hydroxylation is 2. The minimum atomic E-state index is -3.27. The highest BCUT2D eigenvalue weighted by Crippen LogP contribution is 2.29. The fraction of sp³-hybridized carbons (Fsp3) is 0.296. The number of Topliss-reactive ketones (excluding diaryl/α,β-unsaturated/α-hetero) is 1. The van der Waals surface area contributed by atoms with Crippen molar-refractivity contribution >= 4 is 38.9 Å². The van der Waals surface area contributed by atoms with Crippen molar-refractivity contribution in [3.63, 3.8) is 0 Å². The van der Waals surface area contributed by atoms with E-state index in [-0.39, 0.29) is 34.7 Å². The van der Waals surface area contributed by atoms with Crippen LogP contribution in [0.5, 0.6) is 0 Å². The van der Waals surface area contributed by atoms with Gasteiger partial charge in [0.15, 0.2) is 15.6 Å². The van der Waals surface area contributed by atoms with Gasteiger partial charge in [0.05, 0.1) is 22.8 Å². The summed E-state index contributed by atoms with van der Waals surface area (Å²) in [5, 5.41) is 3.48. The van der Waals surface area contributed by atoms with Crippen LogP contribution in [-0.4, -0.2) is 30.8 Å². The molecular formula is C27H27ClN2O4S. The Bertz CT molecular complexity index is 1340. The molecule has 1 aromatic heterocycles. The van der Waals surface area contributed by atoms with Crippen LogP contribution in [0.2, 0.25) is 5.02 Å². The first kappa shape index (κ1) is 25.1. The maximum Gasteiger partial charge on any atom is 0.229 e. The van der Waals surface area contributed by atoms with Gasteiger partial charge in [-0.05, 0) is 73.2 Å². The number of fused-ring (bicyclic) bond motifs is 1. The van der Waals surface area contributed by atoms with E-state index < -0.39 is 9.84 Å². The Balaban J connectivity index is 1.35. The maximum atomic E-state index is 13.0. The lowest BCUT2D eigenvalue weighted by Crippen LogP contribution is -2.25. The van der Waals surface area contributed by atoms with Gasteiger partial charge in [-0.25, -0.2) is 13.4 Å². The molecular weight excluding hydrogens is 484 g/mol. The molecule has 0 spiro atoms. The van der Waals surface area contributed by atoms with Crippen LogP contribution in [0.4, 0.5) is 5.82 Å². The number of nitrogens with zero attached hydrogens (tertiary/aromatic N) is 1. The van der Waals surface area contributed by atoms with E-state index in [9.17, 15) is 18.0 Å². The standard InChI is InChI=1S/C27H27ClN2O4S/c1-2-35(33,34)22-12-6-19(7-13-22)17-26(31)30-25-16-14-23-24(29-25)15-9-20(27(23)32)8-3-18-4-10-21(28)11-5-18/h4-7,10-14,16,20H,2-3,8-9,15,17H2,1H3,(H,29,30,31). The quantitative estimate of drug-likeness (QED) is 0.455. The Morgan fingerprint density at radius 1 is 1.03 bits per heavy atom. The van der Waals surface area contributed by atoms with Crippen LogP contribution in [0.1, 0.15) is 46.9 Å². The van der Waals surface area contributed by atoms with Crippen LogP contribution in [-0.2, 0) is 33.9 Å². The summed E-state index contributed by atoms with van der Waals surface area (Å²) in [5.74, 6) is 0.244. The second-order valence-corrected chi connectivity index (χ2v) is 11.4. The Morgan fingerprint density at radius 2 is 1.71 bits per heavy atom. The predicted octanol–water partition coefficient (Wildman–Crippen LogP) is 5.09. The number of carbonyl (C=O) groups excluding carboxylic acids is 2. The Kier molecular flexibility index (Phi) is 7.67. The topological polar surface area (TPSA) is 93.2 Å². The highest BCUT2D eigenvalue weighted by atomic mass is 35.5. The van der Waals surface area contributed by atoms with Crippen molar-refractivity contribution in [1.29, 1.82) is 0 Å². The third-order valence-electron chi connectivity index (χ3n) is 6.33. The number of nitrogens with one attached hydrogen (secondary N) is 1. The molecule has 0 fully saturated rings. The minimum Gasteiger partial charge on any atom is -0.310 e. The monoisotopic (exact) mass is 510 g/mol. The second-order valence-electron chi connectivity index (χ2n) is 8.73. The van der Waals surface area contributed by atoms with Crippen molar-refractivity contribution in [3.05, 3.63) is 88.1 Å². The largest absolute Gasteiger partial charge is 0.310 e. The van der Waals surface area contributed by atoms with Gasteiger partial charge in [0.1, 0.15) is 5.82 Å². The molecule has 6 nitrogen and oxygen atoms in total. The van der Waals surface area contributed by atoms with E-state index in [0.717, 1.165) is 24.8 Å². The van der Waals surface area contributed by atoms with Crippen LogP contribution in [0.25, 0.3) is 0 Å². The number of pyridine rings is 1. The highest BCUT2D eigenvalue weighted by molar-refractivity contribution is 7.91. The van der Waals surface area contributed by atoms with Crippen molar-refractivity contribution in [3.8, 4) is 0 Å². The third-order valence-corrected chi connectivity index (χ3v) is 8.33. The summed E-state index contributed by atoms with van der Waals surface area (Å²) in [6.45, 7) is 1.59. The molecule has 1 atom stereocenters. The zero-order valence-electron chi connectivity index (χ0n) is 19.5. The van der Waals surface area contributed by atoms with Gasteiger partial charge in [-0.2, -0.15) is 0 Å². The fourth-order valence-electron chi connectivity index (χ4n) is 4.27. The lowest BCUT2D eigenvalue weighted by atomic mass is 9.82. The van der Waals surface area contributed by atoms with Crippen molar-refractivity contribution in [2.75, 3.05) is 11.1 Å². The summed E-state index contributed by atoms with van der Waals surface area (Å²) in [4.78, 5) is 30.3. The van der Waals surface area contributed by atoms with E-state index in [2.05, 4.69) is 10.3 Å². The number of hydrogen-bond donors (Lipinski definition) is 1. The molecule has 1 N–H and O–H groups in total. The molecule has 1 unspecified atom stereocenters. The molecule has 4 rings (SSSR count). The molecule has 3 aromatic rings. The number of rotatable bonds is 8. The lowest BCUT2D eigenvalue weighted by molar-refractivity contribution is -0.115. The Morgan fingerprint density at radius 3 is 2.40 bits per heavy atom. The van der Waals surface area contributed by atoms with Crippen LogP contribution >= 0.6 is 11.6 Å². The number of hydrogen-bond acceptors (Lipinski definition) is 5. The molecule has 0 bridgehead atoms. The Labute approximate surface area is 210 Å². The van der Waals surface area contributed by atoms with E-state index in [0.29, 0.717) is 34.1 Å². The molecule has 8 heteroatoms. The van der Waals surface area contributed by atoms with Crippen LogP contribution in [0.3, 0.4) is 0 Å². The summed E-state index contributed by atoms with van der Waals surface area (Å²) in [6.07, 6.45) is 3.10. The van der Waals surface area contributed by atoms with E-state index in [4.69, 9.17) is 11.6 Å². The van der Waals surface area contributed by atoms with Gasteiger partial charge in [-0.3, -0.25) is 9.59 Å². The smallest absolute Gasteiger partial charge is 0.229 e. The average molecular weight is 511 g/mol. The van der Waals surface area contributed by atoms with Crippen LogP contribution in [0.15, 0.2) is 65.6 Å². The van der Waals surface area contributed by atoms with Gasteiger partial charge in [-0.15, -0.1) is 0 Å². The maximum absolute atomic E-state index is 13.0. The van der Waals surface area contributed by atoms with E-state index in [1.54, 1.807) is 31.2 Å². The predicted molar refractivity (Wildman–Crippen MR) is 137 cm³/mol. The summed E-state index contributed by atoms with van der Waals surface area (Å²) >= 11 is 5.94. The van der Waals surface area contributed by atoms with Crippen molar-refractivity contribution in [1.82, 2.24) is 4.98 Å². The molecule has 0 saturated heterocycles. The number of aromatic nitrogens is 1. The van der Waals surface area contributed by atoms with Crippen LogP contribution in [0, 0.1) is 5.92 Å². The van der Waals surface area contributed by atoms with Crippen molar-refractivity contribution in [2.24, 2.45) is 5.92 Å². The summed E-state index contributed by atoms with van der Waals surface area (Å²) in [6, 6.07) is 17.4. The second kappa shape index (κ2) is 10.7. The normalized spacial score (nSPS) is 15.5. The molecule has 0 radical (unpaired) electrons. The number of carbonyl (C=O) groups is 2. The number of anilines is 1. The zero-order chi connectivity index (χ0) is 25.0. The first-order valence-corrected chi connectivity index (χ1v) is 13.7. The van der Waals surface area contributed by atoms with Gasteiger partial charge in [-0.1, -0.05) is 42.8 Å². The van der Waals surface area contributed by atoms with Gasteiger partial charge >= 0.3 is 0 Å². The summed E-state index contributed by atoms with van der Waals surface area (Å²) in [5.41, 5.74) is 3.20. The zero-order valence-corrected chi connectivity index (χ0v) is 21.0. The summed E-state index contributed by atoms with van der Waals surface area (Å²) in [7, 11) is -3.27. The molecule has 1 aliphatic carbocycles. The Hall–Kier alpha value is -3.03. The fourth-order valence-corrected chi connectivity index (χ4v) is 5.28. The van der Waals surface area contributed by atoms with Crippen LogP contribution < -0.4 is 5.32 Å². The molecule has 182 valence electrons. The molecule has 1 amide bonds. The highest BCUT2D eigenvalue weighted by Gasteiger charge is 2.28.